The van der Waals surface area contributed by atoms with E-state index in [1.54, 1.807) is 11.6 Å². The number of unbranched alkanes of at least 4 members (excludes halogenated alkanes) is 3. The van der Waals surface area contributed by atoms with Crippen LogP contribution in [0.5, 0.6) is 5.75 Å². The first kappa shape index (κ1) is 27.1. The second kappa shape index (κ2) is 13.0. The van der Waals surface area contributed by atoms with E-state index in [2.05, 4.69) is 12.2 Å². The second-order valence-corrected chi connectivity index (χ2v) is 10.2. The van der Waals surface area contributed by atoms with Crippen LogP contribution < -0.4 is 10.1 Å². The molecule has 0 radical (unpaired) electrons. The van der Waals surface area contributed by atoms with Crippen LogP contribution in [0.25, 0.3) is 0 Å². The molecule has 0 amide bonds. The Morgan fingerprint density at radius 1 is 1.11 bits per heavy atom. The summed E-state index contributed by atoms with van der Waals surface area (Å²) in [6.45, 7) is 6.84. The molecule has 2 heterocycles. The van der Waals surface area contributed by atoms with Crippen molar-refractivity contribution in [1.82, 2.24) is 14.8 Å². The van der Waals surface area contributed by atoms with Gasteiger partial charge in [0.15, 0.2) is 0 Å². The minimum atomic E-state index is -0.476. The van der Waals surface area contributed by atoms with Gasteiger partial charge in [0, 0.05) is 16.5 Å². The smallest absolute Gasteiger partial charge is 0.338 e. The summed E-state index contributed by atoms with van der Waals surface area (Å²) < 4.78 is 13.1. The van der Waals surface area contributed by atoms with E-state index in [1.807, 2.05) is 55.5 Å². The van der Waals surface area contributed by atoms with E-state index in [9.17, 15) is 4.79 Å². The highest BCUT2D eigenvalue weighted by Crippen LogP contribution is 2.37. The van der Waals surface area contributed by atoms with Crippen LogP contribution in [0.15, 0.2) is 65.0 Å². The molecule has 4 rings (SSSR count). The first-order chi connectivity index (χ1) is 18.0. The lowest BCUT2D eigenvalue weighted by Crippen LogP contribution is -2.29. The van der Waals surface area contributed by atoms with Crippen molar-refractivity contribution in [3.05, 3.63) is 76.0 Å². The first-order valence-electron chi connectivity index (χ1n) is 12.7. The average molecular weight is 541 g/mol. The van der Waals surface area contributed by atoms with E-state index >= 15 is 0 Å². The topological polar surface area (TPSA) is 78.3 Å². The number of benzene rings is 2. The van der Waals surface area contributed by atoms with Gasteiger partial charge in [-0.15, -0.1) is 5.10 Å². The largest absolute Gasteiger partial charge is 0.494 e. The Balaban J connectivity index is 1.58. The predicted octanol–water partition coefficient (Wildman–Crippen LogP) is 7.03. The number of rotatable bonds is 12. The summed E-state index contributed by atoms with van der Waals surface area (Å²) in [7, 11) is 0. The zero-order valence-corrected chi connectivity index (χ0v) is 23.1. The van der Waals surface area contributed by atoms with Crippen LogP contribution in [0.1, 0.15) is 63.6 Å². The molecule has 37 heavy (non-hydrogen) atoms. The Hall–Kier alpha value is -2.97. The third-order valence-corrected chi connectivity index (χ3v) is 7.36. The van der Waals surface area contributed by atoms with Crippen LogP contribution in [-0.4, -0.2) is 33.9 Å². The van der Waals surface area contributed by atoms with Gasteiger partial charge < -0.3 is 14.8 Å². The number of aromatic nitrogens is 3. The number of allylic oxidation sites excluding steroid dienone is 1. The van der Waals surface area contributed by atoms with Crippen LogP contribution in [-0.2, 0) is 15.3 Å². The lowest BCUT2D eigenvalue weighted by Gasteiger charge is -2.28. The number of fused-ring (bicyclic) bond motifs is 1. The van der Waals surface area contributed by atoms with Crippen molar-refractivity contribution in [2.45, 2.75) is 63.4 Å². The van der Waals surface area contributed by atoms with Crippen molar-refractivity contribution in [3.8, 4) is 5.75 Å². The molecule has 196 valence electrons. The van der Waals surface area contributed by atoms with Crippen molar-refractivity contribution >= 4 is 35.3 Å². The SMILES string of the molecule is CCCCCCOc1ccc(C2C(C(=O)OCC)=C(C)Nc3nc(SCc4ccccc4Cl)nn32)cc1. The highest BCUT2D eigenvalue weighted by molar-refractivity contribution is 7.98. The number of nitrogens with zero attached hydrogens (tertiary/aromatic N) is 3. The van der Waals surface area contributed by atoms with Crippen LogP contribution >= 0.6 is 23.4 Å². The van der Waals surface area contributed by atoms with E-state index in [0.29, 0.717) is 39.8 Å². The standard InChI is InChI=1S/C28H33ClN4O3S/c1-4-6-7-10-17-36-22-15-13-20(14-16-22)25-24(26(34)35-5-2)19(3)30-27-31-28(32-33(25)27)37-18-21-11-8-9-12-23(21)29/h8-9,11-16,25H,4-7,10,17-18H2,1-3H3,(H,30,31,32). The Labute approximate surface area is 227 Å². The van der Waals surface area contributed by atoms with Gasteiger partial charge in [0.05, 0.1) is 18.8 Å². The molecule has 0 saturated carbocycles. The highest BCUT2D eigenvalue weighted by Gasteiger charge is 2.35. The summed E-state index contributed by atoms with van der Waals surface area (Å²) in [5, 5.41) is 9.32. The number of hydrogen-bond donors (Lipinski definition) is 1. The lowest BCUT2D eigenvalue weighted by molar-refractivity contribution is -0.139. The Morgan fingerprint density at radius 3 is 2.62 bits per heavy atom. The minimum Gasteiger partial charge on any atom is -0.494 e. The zero-order chi connectivity index (χ0) is 26.2. The molecule has 1 aromatic heterocycles. The number of carbonyl (C=O) groups excluding carboxylic acids is 1. The summed E-state index contributed by atoms with van der Waals surface area (Å²) >= 11 is 7.82. The molecule has 1 unspecified atom stereocenters. The number of anilines is 1. The Morgan fingerprint density at radius 2 is 1.89 bits per heavy atom. The molecule has 0 fully saturated rings. The van der Waals surface area contributed by atoms with E-state index in [1.165, 1.54) is 31.0 Å². The van der Waals surface area contributed by atoms with Crippen LogP contribution in [0.4, 0.5) is 5.95 Å². The average Bonchev–Trinajstić information content (AvgIpc) is 3.30. The summed E-state index contributed by atoms with van der Waals surface area (Å²) in [6.07, 6.45) is 4.63. The van der Waals surface area contributed by atoms with Crippen LogP contribution in [0.3, 0.4) is 0 Å². The minimum absolute atomic E-state index is 0.288. The molecule has 0 bridgehead atoms. The fraction of sp³-hybridized carbons (Fsp3) is 0.393. The molecule has 3 aromatic rings. The number of esters is 1. The van der Waals surface area contributed by atoms with Crippen molar-refractivity contribution in [1.29, 1.82) is 0 Å². The number of carbonyl (C=O) groups is 1. The summed E-state index contributed by atoms with van der Waals surface area (Å²) in [4.78, 5) is 17.7. The van der Waals surface area contributed by atoms with Gasteiger partial charge in [0.25, 0.3) is 0 Å². The van der Waals surface area contributed by atoms with Gasteiger partial charge in [-0.2, -0.15) is 4.98 Å². The summed E-state index contributed by atoms with van der Waals surface area (Å²) in [6, 6.07) is 15.1. The van der Waals surface area contributed by atoms with Crippen LogP contribution in [0, 0.1) is 0 Å². The fourth-order valence-electron chi connectivity index (χ4n) is 4.20. The molecule has 1 aliphatic rings. The molecule has 0 saturated heterocycles. The molecule has 2 aromatic carbocycles. The molecule has 1 aliphatic heterocycles. The van der Waals surface area contributed by atoms with E-state index < -0.39 is 6.04 Å². The van der Waals surface area contributed by atoms with Gasteiger partial charge >= 0.3 is 5.97 Å². The number of hydrogen-bond acceptors (Lipinski definition) is 7. The Kier molecular flexibility index (Phi) is 9.52. The van der Waals surface area contributed by atoms with Crippen molar-refractivity contribution in [3.63, 3.8) is 0 Å². The van der Waals surface area contributed by atoms with E-state index in [4.69, 9.17) is 31.2 Å². The van der Waals surface area contributed by atoms with Gasteiger partial charge in [-0.3, -0.25) is 0 Å². The second-order valence-electron chi connectivity index (χ2n) is 8.81. The van der Waals surface area contributed by atoms with Crippen molar-refractivity contribution < 1.29 is 14.3 Å². The first-order valence-corrected chi connectivity index (χ1v) is 14.1. The molecular weight excluding hydrogens is 508 g/mol. The summed E-state index contributed by atoms with van der Waals surface area (Å²) in [5.74, 6) is 1.64. The molecule has 9 heteroatoms. The number of halogens is 1. The normalized spacial score (nSPS) is 14.8. The molecule has 0 aliphatic carbocycles. The van der Waals surface area contributed by atoms with E-state index in [-0.39, 0.29) is 12.6 Å². The van der Waals surface area contributed by atoms with Gasteiger partial charge in [-0.05, 0) is 49.6 Å². The third kappa shape index (κ3) is 6.67. The quantitative estimate of drug-likeness (QED) is 0.150. The molecule has 7 nitrogen and oxygen atoms in total. The predicted molar refractivity (Wildman–Crippen MR) is 148 cm³/mol. The monoisotopic (exact) mass is 540 g/mol. The molecule has 0 spiro atoms. The maximum Gasteiger partial charge on any atom is 0.338 e. The highest BCUT2D eigenvalue weighted by atomic mass is 35.5. The lowest BCUT2D eigenvalue weighted by atomic mass is 9.96. The maximum atomic E-state index is 13.0. The maximum absolute atomic E-state index is 13.0. The van der Waals surface area contributed by atoms with E-state index in [0.717, 1.165) is 23.3 Å². The number of nitrogens with one attached hydrogen (secondary N) is 1. The zero-order valence-electron chi connectivity index (χ0n) is 21.5. The third-order valence-electron chi connectivity index (χ3n) is 6.11. The number of ether oxygens (including phenoxy) is 2. The van der Waals surface area contributed by atoms with Gasteiger partial charge in [0.2, 0.25) is 11.1 Å². The van der Waals surface area contributed by atoms with Crippen molar-refractivity contribution in [2.24, 2.45) is 0 Å². The fourth-order valence-corrected chi connectivity index (χ4v) is 5.31. The molecular formula is C28H33ClN4O3S. The van der Waals surface area contributed by atoms with Gasteiger partial charge in [-0.25, -0.2) is 9.48 Å². The Bertz CT molecular complexity index is 1240. The number of thioether (sulfide) groups is 1. The summed E-state index contributed by atoms with van der Waals surface area (Å²) in [5.41, 5.74) is 3.12. The van der Waals surface area contributed by atoms with Gasteiger partial charge in [-0.1, -0.05) is 79.9 Å². The van der Waals surface area contributed by atoms with Gasteiger partial charge in [0.1, 0.15) is 11.8 Å². The molecule has 1 atom stereocenters. The molecule has 1 N–H and O–H groups in total. The van der Waals surface area contributed by atoms with Crippen LogP contribution in [0.2, 0.25) is 5.02 Å². The van der Waals surface area contributed by atoms with Crippen molar-refractivity contribution in [2.75, 3.05) is 18.5 Å².